The molecule has 5 heteroatoms. The first-order valence-electron chi connectivity index (χ1n) is 6.10. The molecule has 0 bridgehead atoms. The fourth-order valence-corrected chi connectivity index (χ4v) is 2.20. The minimum atomic E-state index is -1.01. The van der Waals surface area contributed by atoms with Crippen molar-refractivity contribution in [2.45, 2.75) is 5.92 Å². The van der Waals surface area contributed by atoms with Crippen LogP contribution in [0.4, 0.5) is 0 Å². The van der Waals surface area contributed by atoms with Gasteiger partial charge in [0.1, 0.15) is 0 Å². The maximum Gasteiger partial charge on any atom is 0.356 e. The highest BCUT2D eigenvalue weighted by Crippen LogP contribution is 2.27. The summed E-state index contributed by atoms with van der Waals surface area (Å²) in [5, 5.41) is 12.9. The van der Waals surface area contributed by atoms with Gasteiger partial charge < -0.3 is 9.84 Å². The smallest absolute Gasteiger partial charge is 0.356 e. The molecule has 1 aromatic carbocycles. The molecule has 0 atom stereocenters. The van der Waals surface area contributed by atoms with E-state index in [4.69, 9.17) is 9.84 Å². The fourth-order valence-electron chi connectivity index (χ4n) is 2.20. The van der Waals surface area contributed by atoms with Gasteiger partial charge in [-0.15, -0.1) is 0 Å². The maximum atomic E-state index is 10.9. The first-order valence-corrected chi connectivity index (χ1v) is 6.10. The van der Waals surface area contributed by atoms with Gasteiger partial charge in [0.2, 0.25) is 0 Å². The highest BCUT2D eigenvalue weighted by Gasteiger charge is 2.20. The number of carboxylic acid groups (broad SMARTS) is 1. The third kappa shape index (κ3) is 2.13. The van der Waals surface area contributed by atoms with Crippen LogP contribution in [0, 0.1) is 0 Å². The van der Waals surface area contributed by atoms with E-state index in [1.165, 1.54) is 5.56 Å². The molecule has 0 spiro atoms. The standard InChI is InChI=1S/C14H14N2O3/c1-16-13(6-12(15-16)14(17)18)10-4-2-9(3-5-10)11-7-19-8-11/h2-6,11H,7-8H2,1H3,(H,17,18). The van der Waals surface area contributed by atoms with Gasteiger partial charge in [0.15, 0.2) is 5.69 Å². The number of ether oxygens (including phenoxy) is 1. The van der Waals surface area contributed by atoms with Gasteiger partial charge in [-0.2, -0.15) is 5.10 Å². The average Bonchev–Trinajstić information content (AvgIpc) is 2.70. The third-order valence-corrected chi connectivity index (χ3v) is 3.41. The number of benzene rings is 1. The molecule has 1 saturated heterocycles. The summed E-state index contributed by atoms with van der Waals surface area (Å²) in [5.41, 5.74) is 3.09. The Bertz CT molecular complexity index is 612. The van der Waals surface area contributed by atoms with Crippen LogP contribution in [-0.4, -0.2) is 34.1 Å². The number of rotatable bonds is 3. The number of aromatic carboxylic acids is 1. The molecule has 1 N–H and O–H groups in total. The first-order chi connectivity index (χ1) is 9.15. The molecule has 3 rings (SSSR count). The van der Waals surface area contributed by atoms with Crippen molar-refractivity contribution in [3.63, 3.8) is 0 Å². The number of nitrogens with zero attached hydrogens (tertiary/aromatic N) is 2. The summed E-state index contributed by atoms with van der Waals surface area (Å²) >= 11 is 0. The van der Waals surface area contributed by atoms with Crippen LogP contribution >= 0.6 is 0 Å². The van der Waals surface area contributed by atoms with Crippen LogP contribution in [0.5, 0.6) is 0 Å². The van der Waals surface area contributed by atoms with Gasteiger partial charge in [-0.05, 0) is 17.2 Å². The van der Waals surface area contributed by atoms with Gasteiger partial charge in [0.25, 0.3) is 0 Å². The largest absolute Gasteiger partial charge is 0.476 e. The highest BCUT2D eigenvalue weighted by atomic mass is 16.5. The first kappa shape index (κ1) is 11.9. The van der Waals surface area contributed by atoms with Gasteiger partial charge in [0.05, 0.1) is 18.9 Å². The molecular formula is C14H14N2O3. The molecule has 2 aromatic rings. The normalized spacial score (nSPS) is 15.2. The van der Waals surface area contributed by atoms with Gasteiger partial charge in [-0.1, -0.05) is 24.3 Å². The van der Waals surface area contributed by atoms with Crippen molar-refractivity contribution in [1.82, 2.24) is 9.78 Å². The molecule has 0 radical (unpaired) electrons. The maximum absolute atomic E-state index is 10.9. The Balaban J connectivity index is 1.91. The van der Waals surface area contributed by atoms with Gasteiger partial charge in [-0.3, -0.25) is 4.68 Å². The lowest BCUT2D eigenvalue weighted by molar-refractivity contribution is 0.00842. The van der Waals surface area contributed by atoms with E-state index in [0.717, 1.165) is 24.5 Å². The van der Waals surface area contributed by atoms with E-state index in [-0.39, 0.29) is 5.69 Å². The lowest BCUT2D eigenvalue weighted by Gasteiger charge is -2.26. The van der Waals surface area contributed by atoms with E-state index in [0.29, 0.717) is 5.92 Å². The van der Waals surface area contributed by atoms with Crippen molar-refractivity contribution in [3.05, 3.63) is 41.6 Å². The molecule has 1 aliphatic rings. The lowest BCUT2D eigenvalue weighted by Crippen LogP contribution is -2.24. The molecule has 0 aliphatic carbocycles. The number of hydrogen-bond donors (Lipinski definition) is 1. The average molecular weight is 258 g/mol. The van der Waals surface area contributed by atoms with E-state index in [1.54, 1.807) is 17.8 Å². The number of carbonyl (C=O) groups is 1. The molecule has 98 valence electrons. The van der Waals surface area contributed by atoms with E-state index >= 15 is 0 Å². The van der Waals surface area contributed by atoms with Crippen LogP contribution in [0.15, 0.2) is 30.3 Å². The predicted octanol–water partition coefficient (Wildman–Crippen LogP) is 1.90. The minimum Gasteiger partial charge on any atom is -0.476 e. The molecule has 19 heavy (non-hydrogen) atoms. The molecule has 2 heterocycles. The molecule has 0 amide bonds. The highest BCUT2D eigenvalue weighted by molar-refractivity contribution is 5.87. The summed E-state index contributed by atoms with van der Waals surface area (Å²) in [7, 11) is 1.75. The van der Waals surface area contributed by atoms with Crippen molar-refractivity contribution in [1.29, 1.82) is 0 Å². The van der Waals surface area contributed by atoms with E-state index in [2.05, 4.69) is 17.2 Å². The Morgan fingerprint density at radius 3 is 2.53 bits per heavy atom. The van der Waals surface area contributed by atoms with Crippen molar-refractivity contribution in [2.24, 2.45) is 7.05 Å². The minimum absolute atomic E-state index is 0.0639. The Morgan fingerprint density at radius 2 is 2.05 bits per heavy atom. The third-order valence-electron chi connectivity index (χ3n) is 3.41. The van der Waals surface area contributed by atoms with Crippen LogP contribution in [0.2, 0.25) is 0 Å². The summed E-state index contributed by atoms with van der Waals surface area (Å²) in [6.45, 7) is 1.57. The van der Waals surface area contributed by atoms with Crippen LogP contribution in [0.1, 0.15) is 22.0 Å². The van der Waals surface area contributed by atoms with Crippen LogP contribution < -0.4 is 0 Å². The lowest BCUT2D eigenvalue weighted by atomic mass is 9.96. The Hall–Kier alpha value is -2.14. The zero-order chi connectivity index (χ0) is 13.4. The van der Waals surface area contributed by atoms with E-state index in [9.17, 15) is 4.79 Å². The second-order valence-corrected chi connectivity index (χ2v) is 4.70. The summed E-state index contributed by atoms with van der Waals surface area (Å²) < 4.78 is 6.76. The van der Waals surface area contributed by atoms with Crippen LogP contribution in [0.25, 0.3) is 11.3 Å². The van der Waals surface area contributed by atoms with Gasteiger partial charge in [0, 0.05) is 13.0 Å². The number of aromatic nitrogens is 2. The molecule has 0 saturated carbocycles. The zero-order valence-corrected chi connectivity index (χ0v) is 10.5. The number of carboxylic acids is 1. The second kappa shape index (κ2) is 4.51. The van der Waals surface area contributed by atoms with Gasteiger partial charge >= 0.3 is 5.97 Å². The molecule has 1 aliphatic heterocycles. The van der Waals surface area contributed by atoms with Crippen molar-refractivity contribution < 1.29 is 14.6 Å². The molecule has 1 fully saturated rings. The SMILES string of the molecule is Cn1nc(C(=O)O)cc1-c1ccc(C2COC2)cc1. The Labute approximate surface area is 110 Å². The van der Waals surface area contributed by atoms with Crippen molar-refractivity contribution >= 4 is 5.97 Å². The summed E-state index contributed by atoms with van der Waals surface area (Å²) in [6.07, 6.45) is 0. The van der Waals surface area contributed by atoms with Crippen LogP contribution in [-0.2, 0) is 11.8 Å². The fraction of sp³-hybridized carbons (Fsp3) is 0.286. The predicted molar refractivity (Wildman–Crippen MR) is 69.2 cm³/mol. The van der Waals surface area contributed by atoms with Gasteiger partial charge in [-0.25, -0.2) is 4.79 Å². The Kier molecular flexibility index (Phi) is 2.83. The molecular weight excluding hydrogens is 244 g/mol. The summed E-state index contributed by atoms with van der Waals surface area (Å²) in [5.74, 6) is -0.514. The van der Waals surface area contributed by atoms with E-state index < -0.39 is 5.97 Å². The topological polar surface area (TPSA) is 64.4 Å². The quantitative estimate of drug-likeness (QED) is 0.913. The summed E-state index contributed by atoms with van der Waals surface area (Å²) in [4.78, 5) is 10.9. The van der Waals surface area contributed by atoms with Crippen molar-refractivity contribution in [3.8, 4) is 11.3 Å². The Morgan fingerprint density at radius 1 is 1.37 bits per heavy atom. The molecule has 1 aromatic heterocycles. The molecule has 0 unspecified atom stereocenters. The number of aryl methyl sites for hydroxylation is 1. The number of hydrogen-bond acceptors (Lipinski definition) is 3. The zero-order valence-electron chi connectivity index (χ0n) is 10.5. The second-order valence-electron chi connectivity index (χ2n) is 4.70. The summed E-state index contributed by atoms with van der Waals surface area (Å²) in [6, 6.07) is 9.71. The van der Waals surface area contributed by atoms with Crippen LogP contribution in [0.3, 0.4) is 0 Å². The monoisotopic (exact) mass is 258 g/mol. The van der Waals surface area contributed by atoms with E-state index in [1.807, 2.05) is 12.1 Å². The molecule has 5 nitrogen and oxygen atoms in total. The van der Waals surface area contributed by atoms with Crippen molar-refractivity contribution in [2.75, 3.05) is 13.2 Å².